The first-order valence-corrected chi connectivity index (χ1v) is 6.74. The molecular formula is C10H18N6S. The van der Waals surface area contributed by atoms with E-state index in [0.29, 0.717) is 6.04 Å². The van der Waals surface area contributed by atoms with Crippen LogP contribution in [0.1, 0.15) is 39.2 Å². The van der Waals surface area contributed by atoms with Gasteiger partial charge in [-0.05, 0) is 29.7 Å². The summed E-state index contributed by atoms with van der Waals surface area (Å²) in [4.78, 5) is 0. The molecule has 17 heavy (non-hydrogen) atoms. The zero-order valence-corrected chi connectivity index (χ0v) is 11.0. The highest BCUT2D eigenvalue weighted by Gasteiger charge is 2.28. The summed E-state index contributed by atoms with van der Waals surface area (Å²) >= 11 is 1.64. The van der Waals surface area contributed by atoms with Gasteiger partial charge in [0.25, 0.3) is 0 Å². The van der Waals surface area contributed by atoms with E-state index in [0.717, 1.165) is 17.3 Å². The Labute approximate surface area is 105 Å². The fourth-order valence-corrected chi connectivity index (χ4v) is 2.57. The largest absolute Gasteiger partial charge is 0.387 e. The van der Waals surface area contributed by atoms with Crippen LogP contribution in [0.2, 0.25) is 0 Å². The zero-order chi connectivity index (χ0) is 12.5. The Morgan fingerprint density at radius 2 is 2.29 bits per heavy atom. The van der Waals surface area contributed by atoms with E-state index in [2.05, 4.69) is 15.5 Å². The van der Waals surface area contributed by atoms with Gasteiger partial charge in [-0.3, -0.25) is 5.41 Å². The van der Waals surface area contributed by atoms with Crippen LogP contribution in [-0.4, -0.2) is 31.8 Å². The van der Waals surface area contributed by atoms with Gasteiger partial charge in [-0.1, -0.05) is 25.6 Å². The topological polar surface area (TPSA) is 93.5 Å². The molecule has 94 valence electrons. The van der Waals surface area contributed by atoms with Crippen LogP contribution < -0.4 is 5.73 Å². The van der Waals surface area contributed by atoms with Crippen molar-refractivity contribution in [3.05, 3.63) is 0 Å². The van der Waals surface area contributed by atoms with Gasteiger partial charge in [-0.15, -0.1) is 5.10 Å². The average Bonchev–Trinajstić information content (AvgIpc) is 2.99. The summed E-state index contributed by atoms with van der Waals surface area (Å²) in [7, 11) is 0. The summed E-state index contributed by atoms with van der Waals surface area (Å²) in [6, 6.07) is 0.508. The predicted molar refractivity (Wildman–Crippen MR) is 67.1 cm³/mol. The first-order valence-electron chi connectivity index (χ1n) is 5.76. The Morgan fingerprint density at radius 3 is 2.88 bits per heavy atom. The molecule has 0 saturated heterocycles. The molecule has 0 spiro atoms. The van der Waals surface area contributed by atoms with Crippen molar-refractivity contribution in [2.45, 2.75) is 44.3 Å². The van der Waals surface area contributed by atoms with E-state index < -0.39 is 0 Å². The molecule has 7 heteroatoms. The number of hydrogen-bond acceptors (Lipinski definition) is 5. The molecule has 0 aromatic carbocycles. The van der Waals surface area contributed by atoms with Gasteiger partial charge < -0.3 is 5.73 Å². The van der Waals surface area contributed by atoms with Gasteiger partial charge in [0, 0.05) is 11.2 Å². The molecule has 0 bridgehead atoms. The molecule has 1 fully saturated rings. The van der Waals surface area contributed by atoms with Crippen LogP contribution >= 0.6 is 11.8 Å². The molecule has 0 radical (unpaired) electrons. The highest BCUT2D eigenvalue weighted by molar-refractivity contribution is 7.99. The first kappa shape index (κ1) is 12.3. The maximum atomic E-state index is 7.49. The van der Waals surface area contributed by atoms with Gasteiger partial charge in [0.2, 0.25) is 5.16 Å². The standard InChI is InChI=1S/C10H18N6S/c1-10(2,8(11)12)5-6-17-9-13-14-15-16(9)7-3-4-7/h7H,3-6H2,1-2H3,(H3,11,12). The summed E-state index contributed by atoms with van der Waals surface area (Å²) in [6.07, 6.45) is 3.21. The molecule has 0 unspecified atom stereocenters. The van der Waals surface area contributed by atoms with E-state index in [-0.39, 0.29) is 11.3 Å². The predicted octanol–water partition coefficient (Wildman–Crippen LogP) is 1.45. The molecule has 1 aliphatic rings. The van der Waals surface area contributed by atoms with Gasteiger partial charge in [0.15, 0.2) is 0 Å². The van der Waals surface area contributed by atoms with Crippen LogP contribution in [0.4, 0.5) is 0 Å². The number of rotatable bonds is 6. The van der Waals surface area contributed by atoms with Gasteiger partial charge >= 0.3 is 0 Å². The number of tetrazole rings is 1. The Kier molecular flexibility index (Phi) is 3.37. The summed E-state index contributed by atoms with van der Waals surface area (Å²) in [5.41, 5.74) is 5.30. The third-order valence-corrected chi connectivity index (χ3v) is 3.98. The van der Waals surface area contributed by atoms with Crippen molar-refractivity contribution in [1.82, 2.24) is 20.2 Å². The fraction of sp³-hybridized carbons (Fsp3) is 0.800. The first-order chi connectivity index (χ1) is 8.00. The minimum Gasteiger partial charge on any atom is -0.387 e. The van der Waals surface area contributed by atoms with Gasteiger partial charge in [0.1, 0.15) is 0 Å². The van der Waals surface area contributed by atoms with Crippen molar-refractivity contribution < 1.29 is 0 Å². The zero-order valence-electron chi connectivity index (χ0n) is 10.2. The van der Waals surface area contributed by atoms with Gasteiger partial charge in [-0.2, -0.15) is 0 Å². The van der Waals surface area contributed by atoms with Crippen molar-refractivity contribution in [1.29, 1.82) is 5.41 Å². The summed E-state index contributed by atoms with van der Waals surface area (Å²) in [6.45, 7) is 3.97. The van der Waals surface area contributed by atoms with Gasteiger partial charge in [-0.25, -0.2) is 4.68 Å². The van der Waals surface area contributed by atoms with Crippen molar-refractivity contribution in [2.75, 3.05) is 5.75 Å². The summed E-state index contributed by atoms with van der Waals surface area (Å²) in [5.74, 6) is 1.11. The second kappa shape index (κ2) is 4.64. The molecule has 1 heterocycles. The molecule has 0 atom stereocenters. The molecule has 0 amide bonds. The average molecular weight is 254 g/mol. The number of hydrogen-bond donors (Lipinski definition) is 2. The lowest BCUT2D eigenvalue weighted by atomic mass is 9.89. The molecular weight excluding hydrogens is 236 g/mol. The molecule has 0 aliphatic heterocycles. The normalized spacial score (nSPS) is 16.1. The van der Waals surface area contributed by atoms with Crippen molar-refractivity contribution in [2.24, 2.45) is 11.1 Å². The van der Waals surface area contributed by atoms with Crippen LogP contribution in [-0.2, 0) is 0 Å². The SMILES string of the molecule is CC(C)(CCSc1nnnn1C1CC1)C(=N)N. The molecule has 1 aromatic heterocycles. The molecule has 1 aromatic rings. The van der Waals surface area contributed by atoms with E-state index in [9.17, 15) is 0 Å². The minimum atomic E-state index is -0.245. The molecule has 6 nitrogen and oxygen atoms in total. The van der Waals surface area contributed by atoms with E-state index in [1.165, 1.54) is 12.8 Å². The summed E-state index contributed by atoms with van der Waals surface area (Å²) < 4.78 is 1.91. The number of nitrogens with two attached hydrogens (primary N) is 1. The number of amidine groups is 1. The minimum absolute atomic E-state index is 0.236. The fourth-order valence-electron chi connectivity index (χ4n) is 1.36. The van der Waals surface area contributed by atoms with Crippen molar-refractivity contribution in [3.8, 4) is 0 Å². The lowest BCUT2D eigenvalue weighted by molar-refractivity contribution is 0.499. The highest BCUT2D eigenvalue weighted by Crippen LogP contribution is 2.36. The van der Waals surface area contributed by atoms with Crippen LogP contribution in [0.15, 0.2) is 5.16 Å². The Morgan fingerprint density at radius 1 is 1.59 bits per heavy atom. The van der Waals surface area contributed by atoms with Crippen molar-refractivity contribution in [3.63, 3.8) is 0 Å². The Balaban J connectivity index is 1.85. The Bertz CT molecular complexity index is 409. The van der Waals surface area contributed by atoms with Crippen LogP contribution in [0.25, 0.3) is 0 Å². The van der Waals surface area contributed by atoms with E-state index in [1.54, 1.807) is 11.8 Å². The van der Waals surface area contributed by atoms with E-state index >= 15 is 0 Å². The monoisotopic (exact) mass is 254 g/mol. The maximum absolute atomic E-state index is 7.49. The van der Waals surface area contributed by atoms with Crippen LogP contribution in [0, 0.1) is 10.8 Å². The highest BCUT2D eigenvalue weighted by atomic mass is 32.2. The third-order valence-electron chi connectivity index (χ3n) is 3.04. The number of nitrogens with zero attached hydrogens (tertiary/aromatic N) is 4. The van der Waals surface area contributed by atoms with Crippen LogP contribution in [0.5, 0.6) is 0 Å². The molecule has 3 N–H and O–H groups in total. The lowest BCUT2D eigenvalue weighted by Crippen LogP contribution is -2.31. The molecule has 1 aliphatic carbocycles. The maximum Gasteiger partial charge on any atom is 0.209 e. The third kappa shape index (κ3) is 2.96. The number of nitrogens with one attached hydrogen (secondary N) is 1. The number of thioether (sulfide) groups is 1. The molecule has 1 saturated carbocycles. The van der Waals surface area contributed by atoms with Gasteiger partial charge in [0.05, 0.1) is 11.9 Å². The summed E-state index contributed by atoms with van der Waals surface area (Å²) in [5, 5.41) is 20.1. The second-order valence-electron chi connectivity index (χ2n) is 5.03. The number of aromatic nitrogens is 4. The van der Waals surface area contributed by atoms with Crippen LogP contribution in [0.3, 0.4) is 0 Å². The molecule has 2 rings (SSSR count). The lowest BCUT2D eigenvalue weighted by Gasteiger charge is -2.22. The smallest absolute Gasteiger partial charge is 0.209 e. The van der Waals surface area contributed by atoms with E-state index in [4.69, 9.17) is 11.1 Å². The van der Waals surface area contributed by atoms with Crippen molar-refractivity contribution >= 4 is 17.6 Å². The second-order valence-corrected chi connectivity index (χ2v) is 6.10. The Hall–Kier alpha value is -1.11. The quantitative estimate of drug-likeness (QED) is 0.455. The van der Waals surface area contributed by atoms with E-state index in [1.807, 2.05) is 18.5 Å².